The third-order valence-electron chi connectivity index (χ3n) is 3.03. The fraction of sp³-hybridized carbons (Fsp3) is 0.545. The lowest BCUT2D eigenvalue weighted by Gasteiger charge is -2.40. The quantitative estimate of drug-likeness (QED) is 0.876. The molecule has 0 radical (unpaired) electrons. The monoisotopic (exact) mass is 242 g/mol. The van der Waals surface area contributed by atoms with Gasteiger partial charge in [-0.25, -0.2) is 4.98 Å². The average molecular weight is 243 g/mol. The van der Waals surface area contributed by atoms with E-state index in [1.165, 1.54) is 19.3 Å². The second-order valence-electron chi connectivity index (χ2n) is 3.93. The molecule has 2 nitrogen and oxygen atoms in total. The van der Waals surface area contributed by atoms with Crippen molar-refractivity contribution in [1.82, 2.24) is 4.98 Å². The molecule has 0 amide bonds. The minimum Gasteiger partial charge on any atom is -0.367 e. The predicted molar refractivity (Wildman–Crippen MR) is 67.8 cm³/mol. The van der Waals surface area contributed by atoms with Crippen LogP contribution in [-0.2, 0) is 0 Å². The SMILES string of the molecule is CSC1(CNc2ncccc2Cl)CCC1. The van der Waals surface area contributed by atoms with E-state index in [0.29, 0.717) is 9.77 Å². The molecule has 0 aromatic carbocycles. The van der Waals surface area contributed by atoms with Crippen LogP contribution in [-0.4, -0.2) is 22.5 Å². The first kappa shape index (κ1) is 11.1. The zero-order valence-electron chi connectivity index (χ0n) is 8.79. The largest absolute Gasteiger partial charge is 0.367 e. The lowest BCUT2D eigenvalue weighted by molar-refractivity contribution is 0.379. The van der Waals surface area contributed by atoms with E-state index >= 15 is 0 Å². The van der Waals surface area contributed by atoms with Gasteiger partial charge in [0.15, 0.2) is 0 Å². The van der Waals surface area contributed by atoms with Crippen molar-refractivity contribution in [2.45, 2.75) is 24.0 Å². The smallest absolute Gasteiger partial charge is 0.144 e. The van der Waals surface area contributed by atoms with Gasteiger partial charge in [0.25, 0.3) is 0 Å². The summed E-state index contributed by atoms with van der Waals surface area (Å²) < 4.78 is 0.418. The Morgan fingerprint density at radius 2 is 2.40 bits per heavy atom. The molecule has 1 aliphatic carbocycles. The molecule has 1 saturated carbocycles. The molecular formula is C11H15ClN2S. The van der Waals surface area contributed by atoms with Gasteiger partial charge in [0.05, 0.1) is 5.02 Å². The summed E-state index contributed by atoms with van der Waals surface area (Å²) in [6.45, 7) is 0.963. The van der Waals surface area contributed by atoms with Gasteiger partial charge in [0.2, 0.25) is 0 Å². The summed E-state index contributed by atoms with van der Waals surface area (Å²) in [4.78, 5) is 4.22. The minimum absolute atomic E-state index is 0.418. The molecule has 0 aliphatic heterocycles. The van der Waals surface area contributed by atoms with Gasteiger partial charge >= 0.3 is 0 Å². The van der Waals surface area contributed by atoms with Crippen molar-refractivity contribution in [2.24, 2.45) is 0 Å². The van der Waals surface area contributed by atoms with E-state index in [9.17, 15) is 0 Å². The third-order valence-corrected chi connectivity index (χ3v) is 4.76. The molecule has 2 rings (SSSR count). The topological polar surface area (TPSA) is 24.9 Å². The van der Waals surface area contributed by atoms with Gasteiger partial charge in [0, 0.05) is 17.5 Å². The van der Waals surface area contributed by atoms with Crippen LogP contribution in [0, 0.1) is 0 Å². The Morgan fingerprint density at radius 3 is 2.93 bits per heavy atom. The number of halogens is 1. The van der Waals surface area contributed by atoms with Gasteiger partial charge in [-0.2, -0.15) is 11.8 Å². The van der Waals surface area contributed by atoms with Crippen LogP contribution in [0.2, 0.25) is 5.02 Å². The predicted octanol–water partition coefficient (Wildman–Crippen LogP) is 3.43. The van der Waals surface area contributed by atoms with Gasteiger partial charge in [-0.05, 0) is 31.2 Å². The van der Waals surface area contributed by atoms with Crippen molar-refractivity contribution in [2.75, 3.05) is 18.1 Å². The van der Waals surface area contributed by atoms with Crippen LogP contribution >= 0.6 is 23.4 Å². The summed E-state index contributed by atoms with van der Waals surface area (Å²) >= 11 is 7.98. The number of anilines is 1. The fourth-order valence-electron chi connectivity index (χ4n) is 1.78. The molecular weight excluding hydrogens is 228 g/mol. The van der Waals surface area contributed by atoms with Gasteiger partial charge in [-0.15, -0.1) is 0 Å². The summed E-state index contributed by atoms with van der Waals surface area (Å²) in [6, 6.07) is 3.71. The Hall–Kier alpha value is -0.410. The number of pyridine rings is 1. The van der Waals surface area contributed by atoms with Gasteiger partial charge in [-0.1, -0.05) is 18.0 Å². The van der Waals surface area contributed by atoms with E-state index in [1.54, 1.807) is 6.20 Å². The normalized spacial score (nSPS) is 18.3. The Balaban J connectivity index is 1.95. The second-order valence-corrected chi connectivity index (χ2v) is 5.61. The van der Waals surface area contributed by atoms with E-state index in [1.807, 2.05) is 23.9 Å². The first-order valence-electron chi connectivity index (χ1n) is 5.15. The maximum atomic E-state index is 6.03. The summed E-state index contributed by atoms with van der Waals surface area (Å²) in [5, 5.41) is 4.04. The zero-order valence-corrected chi connectivity index (χ0v) is 10.4. The van der Waals surface area contributed by atoms with Crippen LogP contribution in [0.15, 0.2) is 18.3 Å². The molecule has 0 saturated heterocycles. The summed E-state index contributed by atoms with van der Waals surface area (Å²) in [6.07, 6.45) is 7.89. The highest BCUT2D eigenvalue weighted by Crippen LogP contribution is 2.42. The van der Waals surface area contributed by atoms with Gasteiger partial charge in [-0.3, -0.25) is 0 Å². The Bertz CT molecular complexity index is 334. The maximum Gasteiger partial charge on any atom is 0.144 e. The average Bonchev–Trinajstić information content (AvgIpc) is 2.19. The minimum atomic E-state index is 0.418. The van der Waals surface area contributed by atoms with Crippen LogP contribution < -0.4 is 5.32 Å². The number of hydrogen-bond donors (Lipinski definition) is 1. The van der Waals surface area contributed by atoms with Crippen molar-refractivity contribution in [1.29, 1.82) is 0 Å². The lowest BCUT2D eigenvalue weighted by atomic mass is 9.84. The van der Waals surface area contributed by atoms with E-state index in [2.05, 4.69) is 16.6 Å². The Labute approximate surface area is 99.8 Å². The van der Waals surface area contributed by atoms with Crippen LogP contribution in [0.3, 0.4) is 0 Å². The summed E-state index contributed by atoms with van der Waals surface area (Å²) in [5.41, 5.74) is 0. The van der Waals surface area contributed by atoms with Crippen LogP contribution in [0.4, 0.5) is 5.82 Å². The van der Waals surface area contributed by atoms with E-state index in [4.69, 9.17) is 11.6 Å². The van der Waals surface area contributed by atoms with Gasteiger partial charge < -0.3 is 5.32 Å². The molecule has 0 atom stereocenters. The zero-order chi connectivity index (χ0) is 10.7. The first-order valence-corrected chi connectivity index (χ1v) is 6.76. The van der Waals surface area contributed by atoms with Crippen molar-refractivity contribution in [3.8, 4) is 0 Å². The number of nitrogens with zero attached hydrogens (tertiary/aromatic N) is 1. The van der Waals surface area contributed by atoms with Crippen molar-refractivity contribution in [3.05, 3.63) is 23.4 Å². The van der Waals surface area contributed by atoms with Crippen molar-refractivity contribution >= 4 is 29.2 Å². The highest BCUT2D eigenvalue weighted by atomic mass is 35.5. The molecule has 4 heteroatoms. The lowest BCUT2D eigenvalue weighted by Crippen LogP contribution is -2.40. The highest BCUT2D eigenvalue weighted by molar-refractivity contribution is 8.00. The highest BCUT2D eigenvalue weighted by Gasteiger charge is 2.35. The number of hydrogen-bond acceptors (Lipinski definition) is 3. The molecule has 1 N–H and O–H groups in total. The first-order chi connectivity index (χ1) is 7.26. The van der Waals surface area contributed by atoms with Gasteiger partial charge in [0.1, 0.15) is 5.82 Å². The molecule has 15 heavy (non-hydrogen) atoms. The van der Waals surface area contributed by atoms with E-state index < -0.39 is 0 Å². The maximum absolute atomic E-state index is 6.03. The molecule has 1 aromatic heterocycles. The third kappa shape index (κ3) is 2.40. The molecule has 0 bridgehead atoms. The molecule has 1 aromatic rings. The number of nitrogens with one attached hydrogen (secondary N) is 1. The van der Waals surface area contributed by atoms with E-state index in [0.717, 1.165) is 12.4 Å². The summed E-state index contributed by atoms with van der Waals surface area (Å²) in [5.74, 6) is 0.805. The molecule has 1 fully saturated rings. The number of thioether (sulfide) groups is 1. The standard InChI is InChI=1S/C11H15ClN2S/c1-15-11(5-3-6-11)8-14-10-9(12)4-2-7-13-10/h2,4,7H,3,5-6,8H2,1H3,(H,13,14). The van der Waals surface area contributed by atoms with E-state index in [-0.39, 0.29) is 0 Å². The van der Waals surface area contributed by atoms with Crippen molar-refractivity contribution < 1.29 is 0 Å². The Morgan fingerprint density at radius 1 is 1.60 bits per heavy atom. The second kappa shape index (κ2) is 4.62. The van der Waals surface area contributed by atoms with Crippen LogP contribution in [0.1, 0.15) is 19.3 Å². The molecule has 0 spiro atoms. The Kier molecular flexibility index (Phi) is 3.42. The fourth-order valence-corrected chi connectivity index (χ4v) is 2.89. The number of aromatic nitrogens is 1. The van der Waals surface area contributed by atoms with Crippen LogP contribution in [0.25, 0.3) is 0 Å². The van der Waals surface area contributed by atoms with Crippen LogP contribution in [0.5, 0.6) is 0 Å². The number of rotatable bonds is 4. The molecule has 0 unspecified atom stereocenters. The summed E-state index contributed by atoms with van der Waals surface area (Å²) in [7, 11) is 0. The molecule has 1 aliphatic rings. The van der Waals surface area contributed by atoms with Crippen molar-refractivity contribution in [3.63, 3.8) is 0 Å². The molecule has 82 valence electrons. The molecule has 1 heterocycles.